The van der Waals surface area contributed by atoms with Gasteiger partial charge in [-0.15, -0.1) is 11.8 Å². The number of benzene rings is 1. The molecule has 0 aromatic heterocycles. The number of aromatic hydroxyl groups is 1. The molecule has 1 aliphatic rings. The summed E-state index contributed by atoms with van der Waals surface area (Å²) in [6, 6.07) is 6.52. The number of para-hydroxylation sites is 1. The maximum atomic E-state index is 12.8. The molecule has 2 rings (SSSR count). The average molecular weight is 348 g/mol. The lowest BCUT2D eigenvalue weighted by Crippen LogP contribution is -2.47. The summed E-state index contributed by atoms with van der Waals surface area (Å²) in [6.45, 7) is 4.10. The first-order valence-electron chi connectivity index (χ1n) is 8.03. The van der Waals surface area contributed by atoms with E-state index in [9.17, 15) is 14.7 Å². The van der Waals surface area contributed by atoms with Crippen LogP contribution in [0, 0.1) is 0 Å². The van der Waals surface area contributed by atoms with Crippen LogP contribution in [0.4, 0.5) is 0 Å². The Labute approximate surface area is 147 Å². The van der Waals surface area contributed by atoms with Gasteiger partial charge in [0.1, 0.15) is 11.8 Å². The van der Waals surface area contributed by atoms with Gasteiger partial charge < -0.3 is 14.9 Å². The summed E-state index contributed by atoms with van der Waals surface area (Å²) in [5.41, 5.74) is 1.38. The molecule has 1 aliphatic heterocycles. The number of nitrogens with zero attached hydrogens (tertiary/aromatic N) is 2. The molecule has 1 unspecified atom stereocenters. The Kier molecular flexibility index (Phi) is 6.31. The molecule has 1 atom stereocenters. The topological polar surface area (TPSA) is 60.9 Å². The number of hydrogen-bond donors (Lipinski definition) is 1. The SMILES string of the molecule is CC/C=C(\C)C(=O)N1CSCC1C(=O)N(C)Cc1ccccc1O. The summed E-state index contributed by atoms with van der Waals surface area (Å²) >= 11 is 1.59. The predicted molar refractivity (Wildman–Crippen MR) is 96.6 cm³/mol. The molecular weight excluding hydrogens is 324 g/mol. The maximum Gasteiger partial charge on any atom is 0.250 e. The van der Waals surface area contributed by atoms with Gasteiger partial charge in [0.15, 0.2) is 0 Å². The molecule has 1 heterocycles. The Hall–Kier alpha value is -1.95. The van der Waals surface area contributed by atoms with Crippen LogP contribution in [0.15, 0.2) is 35.9 Å². The molecule has 0 spiro atoms. The van der Waals surface area contributed by atoms with E-state index in [1.165, 1.54) is 0 Å². The number of thioether (sulfide) groups is 1. The Morgan fingerprint density at radius 1 is 1.42 bits per heavy atom. The molecule has 0 bridgehead atoms. The summed E-state index contributed by atoms with van der Waals surface area (Å²) in [4.78, 5) is 28.5. The number of phenols is 1. The zero-order chi connectivity index (χ0) is 17.7. The number of phenolic OH excluding ortho intramolecular Hbond substituents is 1. The van der Waals surface area contributed by atoms with Crippen molar-refractivity contribution in [2.24, 2.45) is 0 Å². The van der Waals surface area contributed by atoms with Crippen LogP contribution in [0.5, 0.6) is 5.75 Å². The molecule has 1 fully saturated rings. The van der Waals surface area contributed by atoms with Gasteiger partial charge in [0.05, 0.1) is 5.88 Å². The Morgan fingerprint density at radius 3 is 2.79 bits per heavy atom. The number of carbonyl (C=O) groups is 2. The van der Waals surface area contributed by atoms with Crippen molar-refractivity contribution < 1.29 is 14.7 Å². The predicted octanol–water partition coefficient (Wildman–Crippen LogP) is 2.61. The highest BCUT2D eigenvalue weighted by Crippen LogP contribution is 2.25. The molecule has 6 heteroatoms. The lowest BCUT2D eigenvalue weighted by Gasteiger charge is -2.27. The molecule has 0 aliphatic carbocycles. The van der Waals surface area contributed by atoms with Gasteiger partial charge in [0, 0.05) is 30.5 Å². The quantitative estimate of drug-likeness (QED) is 0.831. The van der Waals surface area contributed by atoms with Crippen molar-refractivity contribution in [3.05, 3.63) is 41.5 Å². The van der Waals surface area contributed by atoms with Crippen LogP contribution in [0.3, 0.4) is 0 Å². The van der Waals surface area contributed by atoms with Gasteiger partial charge in [-0.2, -0.15) is 0 Å². The van der Waals surface area contributed by atoms with Gasteiger partial charge >= 0.3 is 0 Å². The number of rotatable bonds is 5. The Balaban J connectivity index is 2.08. The minimum Gasteiger partial charge on any atom is -0.508 e. The number of amides is 2. The van der Waals surface area contributed by atoms with Crippen molar-refractivity contribution >= 4 is 23.6 Å². The third kappa shape index (κ3) is 4.12. The van der Waals surface area contributed by atoms with Crippen LogP contribution in [-0.4, -0.2) is 51.4 Å². The zero-order valence-electron chi connectivity index (χ0n) is 14.4. The molecule has 5 nitrogen and oxygen atoms in total. The smallest absolute Gasteiger partial charge is 0.250 e. The first-order chi connectivity index (χ1) is 11.5. The second-order valence-corrected chi connectivity index (χ2v) is 6.91. The standard InChI is InChI=1S/C18H24N2O3S/c1-4-7-13(2)17(22)20-12-24-11-15(20)18(23)19(3)10-14-8-5-6-9-16(14)21/h5-9,15,21H,4,10-12H2,1-3H3/b13-7+. The van der Waals surface area contributed by atoms with E-state index in [0.717, 1.165) is 6.42 Å². The fraction of sp³-hybridized carbons (Fsp3) is 0.444. The molecular formula is C18H24N2O3S. The molecule has 1 saturated heterocycles. The van der Waals surface area contributed by atoms with E-state index in [-0.39, 0.29) is 17.6 Å². The van der Waals surface area contributed by atoms with Gasteiger partial charge in [0.2, 0.25) is 5.91 Å². The number of likely N-dealkylation sites (N-methyl/N-ethyl adjacent to an activating group) is 1. The fourth-order valence-electron chi connectivity index (χ4n) is 2.70. The van der Waals surface area contributed by atoms with Crippen molar-refractivity contribution in [2.75, 3.05) is 18.7 Å². The molecule has 130 valence electrons. The summed E-state index contributed by atoms with van der Waals surface area (Å²) in [6.07, 6.45) is 2.68. The van der Waals surface area contributed by atoms with E-state index in [2.05, 4.69) is 0 Å². The summed E-state index contributed by atoms with van der Waals surface area (Å²) < 4.78 is 0. The number of carbonyl (C=O) groups excluding carboxylic acids is 2. The molecule has 24 heavy (non-hydrogen) atoms. The van der Waals surface area contributed by atoms with Gasteiger partial charge in [-0.05, 0) is 19.4 Å². The number of allylic oxidation sites excluding steroid dienone is 1. The van der Waals surface area contributed by atoms with Crippen molar-refractivity contribution in [1.29, 1.82) is 0 Å². The maximum absolute atomic E-state index is 12.8. The van der Waals surface area contributed by atoms with Crippen molar-refractivity contribution in [3.8, 4) is 5.75 Å². The van der Waals surface area contributed by atoms with Gasteiger partial charge in [-0.1, -0.05) is 31.2 Å². The van der Waals surface area contributed by atoms with Crippen LogP contribution >= 0.6 is 11.8 Å². The Morgan fingerprint density at radius 2 is 2.12 bits per heavy atom. The van der Waals surface area contributed by atoms with Crippen LogP contribution < -0.4 is 0 Å². The van der Waals surface area contributed by atoms with Crippen LogP contribution in [0.1, 0.15) is 25.8 Å². The second kappa shape index (κ2) is 8.24. The van der Waals surface area contributed by atoms with Crippen LogP contribution in [0.25, 0.3) is 0 Å². The minimum absolute atomic E-state index is 0.0730. The molecule has 1 aromatic carbocycles. The van der Waals surface area contributed by atoms with E-state index >= 15 is 0 Å². The van der Waals surface area contributed by atoms with E-state index in [4.69, 9.17) is 0 Å². The van der Waals surface area contributed by atoms with Crippen LogP contribution in [0.2, 0.25) is 0 Å². The van der Waals surface area contributed by atoms with Gasteiger partial charge in [-0.3, -0.25) is 9.59 Å². The lowest BCUT2D eigenvalue weighted by atomic mass is 10.1. The molecule has 0 saturated carbocycles. The zero-order valence-corrected chi connectivity index (χ0v) is 15.2. The monoisotopic (exact) mass is 348 g/mol. The summed E-state index contributed by atoms with van der Waals surface area (Å²) in [5.74, 6) is 1.15. The second-order valence-electron chi connectivity index (χ2n) is 5.91. The molecule has 0 radical (unpaired) electrons. The van der Waals surface area contributed by atoms with E-state index < -0.39 is 6.04 Å². The highest BCUT2D eigenvalue weighted by molar-refractivity contribution is 7.99. The van der Waals surface area contributed by atoms with Gasteiger partial charge in [0.25, 0.3) is 5.91 Å². The molecule has 1 aromatic rings. The first-order valence-corrected chi connectivity index (χ1v) is 9.18. The van der Waals surface area contributed by atoms with E-state index in [1.807, 2.05) is 19.1 Å². The largest absolute Gasteiger partial charge is 0.508 e. The highest BCUT2D eigenvalue weighted by atomic mass is 32.2. The van der Waals surface area contributed by atoms with Crippen molar-refractivity contribution in [2.45, 2.75) is 32.9 Å². The highest BCUT2D eigenvalue weighted by Gasteiger charge is 2.36. The van der Waals surface area contributed by atoms with E-state index in [1.54, 1.807) is 53.7 Å². The third-order valence-electron chi connectivity index (χ3n) is 4.05. The van der Waals surface area contributed by atoms with Crippen molar-refractivity contribution in [3.63, 3.8) is 0 Å². The first kappa shape index (κ1) is 18.4. The molecule has 2 amide bonds. The Bertz CT molecular complexity index is 645. The normalized spacial score (nSPS) is 17.9. The molecule has 1 N–H and O–H groups in total. The third-order valence-corrected chi connectivity index (χ3v) is 5.06. The minimum atomic E-state index is -0.446. The summed E-state index contributed by atoms with van der Waals surface area (Å²) in [5, 5.41) is 9.86. The summed E-state index contributed by atoms with van der Waals surface area (Å²) in [7, 11) is 1.70. The van der Waals surface area contributed by atoms with Crippen molar-refractivity contribution in [1.82, 2.24) is 9.80 Å². The average Bonchev–Trinajstić information content (AvgIpc) is 3.05. The number of hydrogen-bond acceptors (Lipinski definition) is 4. The van der Waals surface area contributed by atoms with Gasteiger partial charge in [-0.25, -0.2) is 0 Å². The lowest BCUT2D eigenvalue weighted by molar-refractivity contribution is -0.141. The van der Waals surface area contributed by atoms with E-state index in [0.29, 0.717) is 29.3 Å². The fourth-order valence-corrected chi connectivity index (χ4v) is 3.84. The van der Waals surface area contributed by atoms with Crippen LogP contribution in [-0.2, 0) is 16.1 Å².